The van der Waals surface area contributed by atoms with Crippen LogP contribution in [0.4, 0.5) is 0 Å². The molecule has 0 aliphatic heterocycles. The summed E-state index contributed by atoms with van der Waals surface area (Å²) in [6.07, 6.45) is 12.2. The van der Waals surface area contributed by atoms with Gasteiger partial charge in [-0.25, -0.2) is 4.79 Å². The Kier molecular flexibility index (Phi) is 6.00. The van der Waals surface area contributed by atoms with Gasteiger partial charge in [-0.15, -0.1) is 0 Å². The predicted octanol–water partition coefficient (Wildman–Crippen LogP) is 5.27. The molecule has 0 unspecified atom stereocenters. The summed E-state index contributed by atoms with van der Waals surface area (Å²) in [6.45, 7) is 0.498. The molecule has 1 heterocycles. The maximum atomic E-state index is 12.4. The van der Waals surface area contributed by atoms with E-state index in [-0.39, 0.29) is 5.97 Å². The fourth-order valence-corrected chi connectivity index (χ4v) is 3.52. The second-order valence-electron chi connectivity index (χ2n) is 6.57. The average Bonchev–Trinajstić information content (AvgIpc) is 2.66. The number of rotatable bonds is 6. The SMILES string of the molecule is O=C(OCCCC1CCCCC1)c1cnccc1-c1ccccc1. The highest BCUT2D eigenvalue weighted by molar-refractivity contribution is 5.96. The van der Waals surface area contributed by atoms with Gasteiger partial charge >= 0.3 is 5.97 Å². The van der Waals surface area contributed by atoms with Crippen LogP contribution in [0, 0.1) is 5.92 Å². The van der Waals surface area contributed by atoms with E-state index in [0.717, 1.165) is 23.5 Å². The molecular weight excluding hydrogens is 298 g/mol. The number of aromatic nitrogens is 1. The lowest BCUT2D eigenvalue weighted by atomic mass is 9.86. The van der Waals surface area contributed by atoms with E-state index in [2.05, 4.69) is 4.98 Å². The number of hydrogen-bond donors (Lipinski definition) is 0. The van der Waals surface area contributed by atoms with E-state index in [9.17, 15) is 4.79 Å². The van der Waals surface area contributed by atoms with E-state index in [4.69, 9.17) is 4.74 Å². The lowest BCUT2D eigenvalue weighted by molar-refractivity contribution is 0.0492. The number of carbonyl (C=O) groups excluding carboxylic acids is 1. The van der Waals surface area contributed by atoms with Crippen molar-refractivity contribution >= 4 is 5.97 Å². The van der Waals surface area contributed by atoms with Gasteiger partial charge in [-0.1, -0.05) is 62.4 Å². The summed E-state index contributed by atoms with van der Waals surface area (Å²) in [5, 5.41) is 0. The largest absolute Gasteiger partial charge is 0.462 e. The molecule has 1 fully saturated rings. The van der Waals surface area contributed by atoms with Crippen LogP contribution in [0.2, 0.25) is 0 Å². The van der Waals surface area contributed by atoms with Gasteiger partial charge < -0.3 is 4.74 Å². The second-order valence-corrected chi connectivity index (χ2v) is 6.57. The highest BCUT2D eigenvalue weighted by atomic mass is 16.5. The molecule has 0 atom stereocenters. The molecule has 1 aliphatic carbocycles. The van der Waals surface area contributed by atoms with Crippen molar-refractivity contribution in [2.75, 3.05) is 6.61 Å². The molecule has 3 rings (SSSR count). The normalized spacial score (nSPS) is 15.2. The van der Waals surface area contributed by atoms with Crippen molar-refractivity contribution in [3.63, 3.8) is 0 Å². The van der Waals surface area contributed by atoms with Crippen LogP contribution in [0.3, 0.4) is 0 Å². The summed E-state index contributed by atoms with van der Waals surface area (Å²) in [6, 6.07) is 11.8. The smallest absolute Gasteiger partial charge is 0.340 e. The zero-order chi connectivity index (χ0) is 16.6. The zero-order valence-corrected chi connectivity index (χ0v) is 14.1. The third-order valence-corrected chi connectivity index (χ3v) is 4.84. The Hall–Kier alpha value is -2.16. The van der Waals surface area contributed by atoms with E-state index in [1.165, 1.54) is 38.5 Å². The van der Waals surface area contributed by atoms with Gasteiger partial charge in [0.25, 0.3) is 0 Å². The van der Waals surface area contributed by atoms with Gasteiger partial charge in [-0.3, -0.25) is 4.98 Å². The fourth-order valence-electron chi connectivity index (χ4n) is 3.52. The molecule has 0 N–H and O–H groups in total. The summed E-state index contributed by atoms with van der Waals surface area (Å²) in [5.41, 5.74) is 2.43. The molecule has 0 saturated heterocycles. The topological polar surface area (TPSA) is 39.2 Å². The molecule has 0 spiro atoms. The van der Waals surface area contributed by atoms with Crippen LogP contribution >= 0.6 is 0 Å². The number of pyridine rings is 1. The minimum Gasteiger partial charge on any atom is -0.462 e. The van der Waals surface area contributed by atoms with Crippen LogP contribution in [0.25, 0.3) is 11.1 Å². The van der Waals surface area contributed by atoms with Crippen molar-refractivity contribution in [1.82, 2.24) is 4.98 Å². The Labute approximate surface area is 144 Å². The molecule has 126 valence electrons. The number of nitrogens with zero attached hydrogens (tertiary/aromatic N) is 1. The molecule has 1 saturated carbocycles. The van der Waals surface area contributed by atoms with Crippen LogP contribution in [-0.2, 0) is 4.74 Å². The summed E-state index contributed by atoms with van der Waals surface area (Å²) < 4.78 is 5.50. The number of benzene rings is 1. The van der Waals surface area contributed by atoms with Gasteiger partial charge in [0.15, 0.2) is 0 Å². The van der Waals surface area contributed by atoms with Gasteiger partial charge in [-0.05, 0) is 36.0 Å². The Morgan fingerprint density at radius 2 is 1.88 bits per heavy atom. The summed E-state index contributed by atoms with van der Waals surface area (Å²) >= 11 is 0. The summed E-state index contributed by atoms with van der Waals surface area (Å²) in [7, 11) is 0. The van der Waals surface area contributed by atoms with E-state index >= 15 is 0 Å². The monoisotopic (exact) mass is 323 g/mol. The molecule has 2 aromatic rings. The van der Waals surface area contributed by atoms with E-state index in [1.807, 2.05) is 36.4 Å². The first-order valence-corrected chi connectivity index (χ1v) is 9.01. The average molecular weight is 323 g/mol. The van der Waals surface area contributed by atoms with Crippen molar-refractivity contribution < 1.29 is 9.53 Å². The summed E-state index contributed by atoms with van der Waals surface area (Å²) in [4.78, 5) is 16.5. The first-order chi connectivity index (χ1) is 11.8. The van der Waals surface area contributed by atoms with Crippen molar-refractivity contribution in [3.8, 4) is 11.1 Å². The number of hydrogen-bond acceptors (Lipinski definition) is 3. The molecule has 0 radical (unpaired) electrons. The van der Waals surface area contributed by atoms with Crippen LogP contribution in [0.15, 0.2) is 48.8 Å². The molecule has 0 bridgehead atoms. The van der Waals surface area contributed by atoms with E-state index in [1.54, 1.807) is 12.4 Å². The van der Waals surface area contributed by atoms with Gasteiger partial charge in [0, 0.05) is 12.4 Å². The third-order valence-electron chi connectivity index (χ3n) is 4.84. The third kappa shape index (κ3) is 4.44. The zero-order valence-electron chi connectivity index (χ0n) is 14.1. The van der Waals surface area contributed by atoms with Crippen molar-refractivity contribution in [2.24, 2.45) is 5.92 Å². The fraction of sp³-hybridized carbons (Fsp3) is 0.429. The quantitative estimate of drug-likeness (QED) is 0.537. The standard InChI is InChI=1S/C21H25NO2/c23-21(24-15-7-10-17-8-3-1-4-9-17)20-16-22-14-13-19(20)18-11-5-2-6-12-18/h2,5-6,11-14,16-17H,1,3-4,7-10,15H2. The van der Waals surface area contributed by atoms with E-state index < -0.39 is 0 Å². The lowest BCUT2D eigenvalue weighted by Crippen LogP contribution is -2.11. The molecule has 1 aliphatic rings. The highest BCUT2D eigenvalue weighted by Gasteiger charge is 2.16. The summed E-state index contributed by atoms with van der Waals surface area (Å²) in [5.74, 6) is 0.557. The first-order valence-electron chi connectivity index (χ1n) is 9.01. The minimum absolute atomic E-state index is 0.273. The number of ether oxygens (including phenoxy) is 1. The van der Waals surface area contributed by atoms with Crippen LogP contribution in [-0.4, -0.2) is 17.6 Å². The molecule has 1 aromatic heterocycles. The van der Waals surface area contributed by atoms with Gasteiger partial charge in [-0.2, -0.15) is 0 Å². The van der Waals surface area contributed by atoms with Crippen molar-refractivity contribution in [3.05, 3.63) is 54.4 Å². The Bertz CT molecular complexity index is 648. The van der Waals surface area contributed by atoms with Crippen LogP contribution in [0.1, 0.15) is 55.3 Å². The predicted molar refractivity (Wildman–Crippen MR) is 95.8 cm³/mol. The molecule has 3 nitrogen and oxygen atoms in total. The van der Waals surface area contributed by atoms with Crippen molar-refractivity contribution in [2.45, 2.75) is 44.9 Å². The van der Waals surface area contributed by atoms with Crippen molar-refractivity contribution in [1.29, 1.82) is 0 Å². The van der Waals surface area contributed by atoms with Gasteiger partial charge in [0.2, 0.25) is 0 Å². The van der Waals surface area contributed by atoms with Gasteiger partial charge in [0.1, 0.15) is 0 Å². The molecule has 24 heavy (non-hydrogen) atoms. The molecule has 0 amide bonds. The highest BCUT2D eigenvalue weighted by Crippen LogP contribution is 2.27. The maximum Gasteiger partial charge on any atom is 0.340 e. The first kappa shape index (κ1) is 16.7. The molecular formula is C21H25NO2. The van der Waals surface area contributed by atoms with Crippen LogP contribution in [0.5, 0.6) is 0 Å². The number of carbonyl (C=O) groups is 1. The molecule has 1 aromatic carbocycles. The van der Waals surface area contributed by atoms with E-state index in [0.29, 0.717) is 12.2 Å². The Balaban J connectivity index is 1.55. The maximum absolute atomic E-state index is 12.4. The van der Waals surface area contributed by atoms with Gasteiger partial charge in [0.05, 0.1) is 12.2 Å². The minimum atomic E-state index is -0.273. The number of esters is 1. The second kappa shape index (κ2) is 8.62. The lowest BCUT2D eigenvalue weighted by Gasteiger charge is -2.21. The Morgan fingerprint density at radius 3 is 2.67 bits per heavy atom. The molecule has 3 heteroatoms. The Morgan fingerprint density at radius 1 is 1.08 bits per heavy atom. The van der Waals surface area contributed by atoms with Crippen LogP contribution < -0.4 is 0 Å².